The molecule has 2 heterocycles. The van der Waals surface area contributed by atoms with Crippen LogP contribution in [0.4, 0.5) is 0 Å². The second kappa shape index (κ2) is 2.23. The summed E-state index contributed by atoms with van der Waals surface area (Å²) in [6, 6.07) is 0. The second-order valence-electron chi connectivity index (χ2n) is 2.33. The molecule has 0 radical (unpaired) electrons. The van der Waals surface area contributed by atoms with Crippen molar-refractivity contribution in [3.8, 4) is 0 Å². The van der Waals surface area contributed by atoms with Crippen LogP contribution in [0.15, 0.2) is 34.5 Å². The van der Waals surface area contributed by atoms with Crippen LogP contribution in [0.2, 0.25) is 0 Å². The van der Waals surface area contributed by atoms with Gasteiger partial charge in [-0.3, -0.25) is 4.99 Å². The maximum absolute atomic E-state index is 5.49. The van der Waals surface area contributed by atoms with Gasteiger partial charge in [-0.2, -0.15) is 0 Å². The zero-order valence-electron chi connectivity index (χ0n) is 5.86. The summed E-state index contributed by atoms with van der Waals surface area (Å²) in [7, 11) is 0. The highest BCUT2D eigenvalue weighted by atomic mass is 15.1. The SMILES string of the molecule is NC1=N[C@H]2NC=CN=C2C=C1. The molecule has 0 aliphatic carbocycles. The molecule has 2 rings (SSSR count). The van der Waals surface area contributed by atoms with Gasteiger partial charge in [0.05, 0.1) is 5.71 Å². The molecular formula is C7H8N4. The Kier molecular flexibility index (Phi) is 1.25. The van der Waals surface area contributed by atoms with Crippen LogP contribution in [0.25, 0.3) is 0 Å². The summed E-state index contributed by atoms with van der Waals surface area (Å²) < 4.78 is 0. The Morgan fingerprint density at radius 2 is 2.36 bits per heavy atom. The van der Waals surface area contributed by atoms with Crippen molar-refractivity contribution in [2.75, 3.05) is 0 Å². The molecule has 0 aromatic carbocycles. The summed E-state index contributed by atoms with van der Waals surface area (Å²) >= 11 is 0. The minimum absolute atomic E-state index is 0.0787. The lowest BCUT2D eigenvalue weighted by Gasteiger charge is -2.18. The number of nitrogens with zero attached hydrogens (tertiary/aromatic N) is 2. The molecule has 0 fully saturated rings. The molecule has 56 valence electrons. The lowest BCUT2D eigenvalue weighted by Crippen LogP contribution is -2.36. The van der Waals surface area contributed by atoms with Crippen molar-refractivity contribution in [1.29, 1.82) is 0 Å². The number of nitrogens with one attached hydrogen (secondary N) is 1. The fraction of sp³-hybridized carbons (Fsp3) is 0.143. The molecule has 0 saturated heterocycles. The van der Waals surface area contributed by atoms with Gasteiger partial charge in [0.1, 0.15) is 5.84 Å². The fourth-order valence-electron chi connectivity index (χ4n) is 1.01. The molecule has 4 nitrogen and oxygen atoms in total. The van der Waals surface area contributed by atoms with E-state index in [1.165, 1.54) is 0 Å². The quantitative estimate of drug-likeness (QED) is 0.497. The van der Waals surface area contributed by atoms with Crippen LogP contribution >= 0.6 is 0 Å². The molecule has 11 heavy (non-hydrogen) atoms. The van der Waals surface area contributed by atoms with E-state index >= 15 is 0 Å². The Morgan fingerprint density at radius 1 is 1.45 bits per heavy atom. The van der Waals surface area contributed by atoms with E-state index < -0.39 is 0 Å². The van der Waals surface area contributed by atoms with Crippen molar-refractivity contribution in [3.63, 3.8) is 0 Å². The van der Waals surface area contributed by atoms with Crippen molar-refractivity contribution < 1.29 is 0 Å². The number of dihydropyridines is 1. The van der Waals surface area contributed by atoms with Crippen molar-refractivity contribution in [2.45, 2.75) is 6.17 Å². The number of hydrogen-bond donors (Lipinski definition) is 2. The zero-order chi connectivity index (χ0) is 7.68. The van der Waals surface area contributed by atoms with E-state index in [2.05, 4.69) is 15.3 Å². The number of hydrogen-bond acceptors (Lipinski definition) is 4. The van der Waals surface area contributed by atoms with Gasteiger partial charge in [0.15, 0.2) is 6.17 Å². The molecule has 0 unspecified atom stereocenters. The van der Waals surface area contributed by atoms with Gasteiger partial charge in [0.2, 0.25) is 0 Å². The summed E-state index contributed by atoms with van der Waals surface area (Å²) in [6.45, 7) is 0. The normalized spacial score (nSPS) is 26.7. The van der Waals surface area contributed by atoms with Crippen molar-refractivity contribution >= 4 is 11.5 Å². The molecule has 3 N–H and O–H groups in total. The minimum Gasteiger partial charge on any atom is -0.384 e. The molecule has 4 heteroatoms. The van der Waals surface area contributed by atoms with Crippen molar-refractivity contribution in [2.24, 2.45) is 15.7 Å². The standard InChI is InChI=1S/C7H8N4/c8-6-2-1-5-7(11-6)10-4-3-9-5/h1-4,7,10H,(H2,8,11)/t7-/m1/s1. The zero-order valence-corrected chi connectivity index (χ0v) is 5.86. The van der Waals surface area contributed by atoms with Gasteiger partial charge in [0, 0.05) is 12.4 Å². The van der Waals surface area contributed by atoms with E-state index in [0.717, 1.165) is 5.71 Å². The first-order valence-corrected chi connectivity index (χ1v) is 3.36. The summed E-state index contributed by atoms with van der Waals surface area (Å²) in [5, 5.41) is 3.02. The maximum Gasteiger partial charge on any atom is 0.163 e. The third-order valence-electron chi connectivity index (χ3n) is 1.54. The van der Waals surface area contributed by atoms with Crippen molar-refractivity contribution in [1.82, 2.24) is 5.32 Å². The number of aliphatic imine (C=N–C) groups is 2. The second-order valence-corrected chi connectivity index (χ2v) is 2.33. The first-order valence-electron chi connectivity index (χ1n) is 3.36. The van der Waals surface area contributed by atoms with Crippen LogP contribution in [0.3, 0.4) is 0 Å². The summed E-state index contributed by atoms with van der Waals surface area (Å²) in [5.74, 6) is 0.539. The molecule has 2 aliphatic heterocycles. The lowest BCUT2D eigenvalue weighted by atomic mass is 10.2. The van der Waals surface area contributed by atoms with E-state index in [4.69, 9.17) is 5.73 Å². The fourth-order valence-corrected chi connectivity index (χ4v) is 1.01. The number of nitrogens with two attached hydrogens (primary N) is 1. The van der Waals surface area contributed by atoms with Gasteiger partial charge in [-0.1, -0.05) is 0 Å². The average Bonchev–Trinajstić information content (AvgIpc) is 2.04. The monoisotopic (exact) mass is 148 g/mol. The van der Waals surface area contributed by atoms with Crippen LogP contribution in [-0.2, 0) is 0 Å². The maximum atomic E-state index is 5.49. The predicted molar refractivity (Wildman–Crippen MR) is 44.3 cm³/mol. The van der Waals surface area contributed by atoms with Crippen LogP contribution in [0.5, 0.6) is 0 Å². The van der Waals surface area contributed by atoms with Crippen LogP contribution in [-0.4, -0.2) is 17.7 Å². The third kappa shape index (κ3) is 1.02. The number of amidine groups is 1. The van der Waals surface area contributed by atoms with Gasteiger partial charge < -0.3 is 11.1 Å². The molecule has 0 spiro atoms. The molecule has 0 aromatic heterocycles. The molecule has 0 saturated carbocycles. The van der Waals surface area contributed by atoms with E-state index in [1.54, 1.807) is 18.5 Å². The highest BCUT2D eigenvalue weighted by Crippen LogP contribution is 2.04. The molecule has 0 amide bonds. The Morgan fingerprint density at radius 3 is 3.27 bits per heavy atom. The third-order valence-corrected chi connectivity index (χ3v) is 1.54. The Balaban J connectivity index is 2.33. The van der Waals surface area contributed by atoms with Crippen LogP contribution < -0.4 is 11.1 Å². The smallest absolute Gasteiger partial charge is 0.163 e. The first-order chi connectivity index (χ1) is 5.36. The highest BCUT2D eigenvalue weighted by molar-refractivity contribution is 6.09. The minimum atomic E-state index is -0.0787. The topological polar surface area (TPSA) is 62.8 Å². The molecule has 0 bridgehead atoms. The average molecular weight is 148 g/mol. The van der Waals surface area contributed by atoms with Gasteiger partial charge in [-0.15, -0.1) is 0 Å². The van der Waals surface area contributed by atoms with Crippen LogP contribution in [0.1, 0.15) is 0 Å². The molecule has 2 aliphatic rings. The highest BCUT2D eigenvalue weighted by Gasteiger charge is 2.15. The number of rotatable bonds is 0. The van der Waals surface area contributed by atoms with E-state index in [-0.39, 0.29) is 6.17 Å². The summed E-state index contributed by atoms with van der Waals surface area (Å²) in [6.07, 6.45) is 6.99. The van der Waals surface area contributed by atoms with Gasteiger partial charge >= 0.3 is 0 Å². The largest absolute Gasteiger partial charge is 0.384 e. The molecular weight excluding hydrogens is 140 g/mol. The Labute approximate surface area is 64.2 Å². The van der Waals surface area contributed by atoms with E-state index in [0.29, 0.717) is 5.84 Å². The molecule has 1 atom stereocenters. The Bertz CT molecular complexity index is 285. The van der Waals surface area contributed by atoms with Gasteiger partial charge in [0.25, 0.3) is 0 Å². The Hall–Kier alpha value is -1.58. The van der Waals surface area contributed by atoms with Gasteiger partial charge in [-0.25, -0.2) is 4.99 Å². The number of fused-ring (bicyclic) bond motifs is 1. The summed E-state index contributed by atoms with van der Waals surface area (Å²) in [5.41, 5.74) is 6.39. The van der Waals surface area contributed by atoms with Gasteiger partial charge in [-0.05, 0) is 12.2 Å². The van der Waals surface area contributed by atoms with Crippen LogP contribution in [0, 0.1) is 0 Å². The van der Waals surface area contributed by atoms with E-state index in [9.17, 15) is 0 Å². The predicted octanol–water partition coefficient (Wildman–Crippen LogP) is -0.245. The molecule has 0 aromatic rings. The first kappa shape index (κ1) is 6.15. The lowest BCUT2D eigenvalue weighted by molar-refractivity contribution is 0.759. The van der Waals surface area contributed by atoms with E-state index in [1.807, 2.05) is 6.08 Å². The summed E-state index contributed by atoms with van der Waals surface area (Å²) in [4.78, 5) is 8.23. The van der Waals surface area contributed by atoms with Crippen molar-refractivity contribution in [3.05, 3.63) is 24.6 Å².